The predicted octanol–water partition coefficient (Wildman–Crippen LogP) is 4.80. The van der Waals surface area contributed by atoms with Gasteiger partial charge in [0.2, 0.25) is 5.91 Å². The van der Waals surface area contributed by atoms with E-state index in [9.17, 15) is 19.5 Å². The fourth-order valence-corrected chi connectivity index (χ4v) is 5.63. The van der Waals surface area contributed by atoms with Gasteiger partial charge in [0, 0.05) is 12.5 Å². The van der Waals surface area contributed by atoms with Crippen molar-refractivity contribution < 1.29 is 24.2 Å². The predicted molar refractivity (Wildman–Crippen MR) is 133 cm³/mol. The Bertz CT molecular complexity index is 1070. The quantitative estimate of drug-likeness (QED) is 0.596. The van der Waals surface area contributed by atoms with Gasteiger partial charge in [-0.3, -0.25) is 4.79 Å². The number of alkyl carbamates (subject to hydrolysis) is 1. The van der Waals surface area contributed by atoms with E-state index in [0.29, 0.717) is 19.4 Å². The first kappa shape index (κ1) is 24.8. The summed E-state index contributed by atoms with van der Waals surface area (Å²) in [7, 11) is 0. The number of amides is 2. The Labute approximate surface area is 206 Å². The molecule has 2 aliphatic rings. The smallest absolute Gasteiger partial charge is 0.407 e. The minimum atomic E-state index is -1.01. The number of hydrogen-bond acceptors (Lipinski definition) is 4. The second-order valence-electron chi connectivity index (χ2n) is 10.2. The molecule has 0 aromatic heterocycles. The second-order valence-corrected chi connectivity index (χ2v) is 10.2. The SMILES string of the molecule is CCC[C@H](NC(=O)OCC1c2ccccc2-c2ccccc21)C(=O)N1CCCC(C)(C)C1C(=O)O. The number of hydrogen-bond donors (Lipinski definition) is 2. The third kappa shape index (κ3) is 4.90. The summed E-state index contributed by atoms with van der Waals surface area (Å²) < 4.78 is 5.63. The number of fused-ring (bicyclic) bond motifs is 3. The number of nitrogens with zero attached hydrogens (tertiary/aromatic N) is 1. The monoisotopic (exact) mass is 478 g/mol. The van der Waals surface area contributed by atoms with E-state index in [1.54, 1.807) is 0 Å². The van der Waals surface area contributed by atoms with Gasteiger partial charge in [-0.2, -0.15) is 0 Å². The molecule has 7 heteroatoms. The highest BCUT2D eigenvalue weighted by atomic mass is 16.5. The van der Waals surface area contributed by atoms with Crippen LogP contribution in [0.5, 0.6) is 0 Å². The van der Waals surface area contributed by atoms with Gasteiger partial charge < -0.3 is 20.1 Å². The molecule has 1 fully saturated rings. The number of aliphatic carboxylic acids is 1. The third-order valence-corrected chi connectivity index (χ3v) is 7.30. The van der Waals surface area contributed by atoms with Crippen molar-refractivity contribution in [3.8, 4) is 11.1 Å². The van der Waals surface area contributed by atoms with Crippen molar-refractivity contribution in [1.29, 1.82) is 0 Å². The van der Waals surface area contributed by atoms with Crippen LogP contribution in [0.15, 0.2) is 48.5 Å². The van der Waals surface area contributed by atoms with Gasteiger partial charge in [-0.15, -0.1) is 0 Å². The standard InChI is InChI=1S/C28H34N2O5/c1-4-10-23(25(31)30-16-9-15-28(2,3)24(30)26(32)33)29-27(34)35-17-22-20-13-7-5-11-18(20)19-12-6-8-14-21(19)22/h5-8,11-14,22-24H,4,9-10,15-17H2,1-3H3,(H,29,34)(H,32,33)/t23-,24?/m0/s1. The highest BCUT2D eigenvalue weighted by Crippen LogP contribution is 2.44. The first-order valence-electron chi connectivity index (χ1n) is 12.4. The average molecular weight is 479 g/mol. The highest BCUT2D eigenvalue weighted by molar-refractivity contribution is 5.90. The van der Waals surface area contributed by atoms with E-state index in [1.807, 2.05) is 45.0 Å². The Hall–Kier alpha value is -3.35. The summed E-state index contributed by atoms with van der Waals surface area (Å²) in [6.07, 6.45) is 1.86. The summed E-state index contributed by atoms with van der Waals surface area (Å²) in [5, 5.41) is 12.6. The lowest BCUT2D eigenvalue weighted by atomic mass is 9.76. The molecule has 2 amide bonds. The van der Waals surface area contributed by atoms with Crippen LogP contribution in [0.1, 0.15) is 63.5 Å². The maximum atomic E-state index is 13.4. The van der Waals surface area contributed by atoms with Crippen LogP contribution in [0.2, 0.25) is 0 Å². The zero-order valence-electron chi connectivity index (χ0n) is 20.6. The first-order valence-corrected chi connectivity index (χ1v) is 12.4. The van der Waals surface area contributed by atoms with Crippen molar-refractivity contribution in [3.05, 3.63) is 59.7 Å². The lowest BCUT2D eigenvalue weighted by Gasteiger charge is -2.45. The minimum absolute atomic E-state index is 0.0761. The zero-order valence-corrected chi connectivity index (χ0v) is 20.6. The molecule has 2 aromatic rings. The Morgan fingerprint density at radius 1 is 1.09 bits per heavy atom. The molecule has 2 N–H and O–H groups in total. The van der Waals surface area contributed by atoms with Gasteiger partial charge in [0.25, 0.3) is 0 Å². The number of likely N-dealkylation sites (tertiary alicyclic amines) is 1. The Kier molecular flexibility index (Phi) is 7.15. The number of nitrogens with one attached hydrogen (secondary N) is 1. The van der Waals surface area contributed by atoms with Crippen LogP contribution in [0.25, 0.3) is 11.1 Å². The van der Waals surface area contributed by atoms with Crippen molar-refractivity contribution in [1.82, 2.24) is 10.2 Å². The maximum Gasteiger partial charge on any atom is 0.407 e. The largest absolute Gasteiger partial charge is 0.480 e. The van der Waals surface area contributed by atoms with Crippen LogP contribution in [0.3, 0.4) is 0 Å². The molecule has 0 spiro atoms. The summed E-state index contributed by atoms with van der Waals surface area (Å²) in [6.45, 7) is 6.19. The van der Waals surface area contributed by atoms with Crippen molar-refractivity contribution in [3.63, 3.8) is 0 Å². The van der Waals surface area contributed by atoms with Crippen molar-refractivity contribution in [2.45, 2.75) is 64.5 Å². The molecule has 1 heterocycles. The molecule has 186 valence electrons. The van der Waals surface area contributed by atoms with E-state index in [-0.39, 0.29) is 18.4 Å². The molecule has 1 aliphatic carbocycles. The summed E-state index contributed by atoms with van der Waals surface area (Å²) in [6, 6.07) is 14.5. The molecule has 0 radical (unpaired) electrons. The van der Waals surface area contributed by atoms with Crippen LogP contribution < -0.4 is 5.32 Å². The molecule has 7 nitrogen and oxygen atoms in total. The summed E-state index contributed by atoms with van der Waals surface area (Å²) in [4.78, 5) is 39.7. The molecule has 0 bridgehead atoms. The van der Waals surface area contributed by atoms with Gasteiger partial charge in [0.1, 0.15) is 18.7 Å². The van der Waals surface area contributed by atoms with Crippen LogP contribution in [0.4, 0.5) is 4.79 Å². The molecule has 2 atom stereocenters. The molecule has 1 saturated heterocycles. The lowest BCUT2D eigenvalue weighted by molar-refractivity contribution is -0.159. The fraction of sp³-hybridized carbons (Fsp3) is 0.464. The van der Waals surface area contributed by atoms with Crippen LogP contribution >= 0.6 is 0 Å². The van der Waals surface area contributed by atoms with Crippen LogP contribution in [-0.2, 0) is 14.3 Å². The van der Waals surface area contributed by atoms with Gasteiger partial charge in [0.15, 0.2) is 0 Å². The van der Waals surface area contributed by atoms with Crippen LogP contribution in [-0.4, -0.2) is 53.2 Å². The number of carbonyl (C=O) groups excluding carboxylic acids is 2. The van der Waals surface area contributed by atoms with E-state index in [2.05, 4.69) is 29.6 Å². The van der Waals surface area contributed by atoms with Gasteiger partial charge in [-0.1, -0.05) is 75.7 Å². The van der Waals surface area contributed by atoms with Gasteiger partial charge >= 0.3 is 12.1 Å². The topological polar surface area (TPSA) is 95.9 Å². The average Bonchev–Trinajstić information content (AvgIpc) is 3.14. The maximum absolute atomic E-state index is 13.4. The molecule has 35 heavy (non-hydrogen) atoms. The molecular formula is C28H34N2O5. The first-order chi connectivity index (χ1) is 16.7. The summed E-state index contributed by atoms with van der Waals surface area (Å²) in [5.41, 5.74) is 3.97. The van der Waals surface area contributed by atoms with Crippen LogP contribution in [0, 0.1) is 5.41 Å². The Morgan fingerprint density at radius 3 is 2.26 bits per heavy atom. The van der Waals surface area contributed by atoms with E-state index >= 15 is 0 Å². The number of carbonyl (C=O) groups is 3. The van der Waals surface area contributed by atoms with E-state index in [4.69, 9.17) is 4.74 Å². The summed E-state index contributed by atoms with van der Waals surface area (Å²) >= 11 is 0. The van der Waals surface area contributed by atoms with Gasteiger partial charge in [0.05, 0.1) is 0 Å². The van der Waals surface area contributed by atoms with Gasteiger partial charge in [-0.25, -0.2) is 9.59 Å². The van der Waals surface area contributed by atoms with Crippen molar-refractivity contribution in [2.24, 2.45) is 5.41 Å². The Morgan fingerprint density at radius 2 is 1.69 bits per heavy atom. The normalized spacial score (nSPS) is 19.4. The van der Waals surface area contributed by atoms with Crippen molar-refractivity contribution >= 4 is 18.0 Å². The van der Waals surface area contributed by atoms with E-state index < -0.39 is 29.6 Å². The van der Waals surface area contributed by atoms with E-state index in [0.717, 1.165) is 35.1 Å². The Balaban J connectivity index is 1.45. The van der Waals surface area contributed by atoms with Crippen molar-refractivity contribution in [2.75, 3.05) is 13.2 Å². The molecule has 2 aromatic carbocycles. The minimum Gasteiger partial charge on any atom is -0.480 e. The molecule has 1 aliphatic heterocycles. The number of ether oxygens (including phenoxy) is 1. The number of rotatable bonds is 7. The molecule has 1 unspecified atom stereocenters. The third-order valence-electron chi connectivity index (χ3n) is 7.30. The molecule has 4 rings (SSSR count). The fourth-order valence-electron chi connectivity index (χ4n) is 5.63. The number of benzene rings is 2. The second kappa shape index (κ2) is 10.1. The zero-order chi connectivity index (χ0) is 25.2. The highest BCUT2D eigenvalue weighted by Gasteiger charge is 2.46. The van der Waals surface area contributed by atoms with Gasteiger partial charge in [-0.05, 0) is 46.9 Å². The number of piperidine rings is 1. The lowest BCUT2D eigenvalue weighted by Crippen LogP contribution is -2.60. The summed E-state index contributed by atoms with van der Waals surface area (Å²) in [5.74, 6) is -1.45. The molecular weight excluding hydrogens is 444 g/mol. The number of carboxylic acid groups (broad SMARTS) is 1. The number of carboxylic acids is 1. The molecule has 0 saturated carbocycles. The van der Waals surface area contributed by atoms with E-state index in [1.165, 1.54) is 4.90 Å².